The highest BCUT2D eigenvalue weighted by Gasteiger charge is 2.32. The molecule has 3 aromatic carbocycles. The number of amides is 1. The minimum absolute atomic E-state index is 0.125. The fourth-order valence-electron chi connectivity index (χ4n) is 4.63. The molecule has 0 unspecified atom stereocenters. The van der Waals surface area contributed by atoms with Crippen LogP contribution in [0.2, 0.25) is 0 Å². The number of hydrogen-bond acceptors (Lipinski definition) is 8. The Morgan fingerprint density at radius 2 is 1.62 bits per heavy atom. The Bertz CT molecular complexity index is 1620. The molecule has 1 N–H and O–H groups in total. The maximum absolute atomic E-state index is 13.3. The molecule has 10 heteroatoms. The predicted molar refractivity (Wildman–Crippen MR) is 143 cm³/mol. The number of aromatic nitrogens is 4. The molecule has 6 rings (SSSR count). The minimum atomic E-state index is -0.471. The molecule has 0 fully saturated rings. The fourth-order valence-corrected chi connectivity index (χ4v) is 4.63. The number of fused-ring (bicyclic) bond motifs is 3. The molecule has 3 heterocycles. The van der Waals surface area contributed by atoms with Crippen molar-refractivity contribution in [2.24, 2.45) is 0 Å². The van der Waals surface area contributed by atoms with Gasteiger partial charge in [-0.05, 0) is 36.4 Å². The van der Waals surface area contributed by atoms with E-state index in [4.69, 9.17) is 18.9 Å². The molecule has 196 valence electrons. The summed E-state index contributed by atoms with van der Waals surface area (Å²) >= 11 is 0. The van der Waals surface area contributed by atoms with Crippen LogP contribution in [0.3, 0.4) is 0 Å². The van der Waals surface area contributed by atoms with Gasteiger partial charge in [-0.25, -0.2) is 0 Å². The van der Waals surface area contributed by atoms with E-state index in [1.807, 2.05) is 60.7 Å². The van der Waals surface area contributed by atoms with Gasteiger partial charge < -0.3 is 24.3 Å². The lowest BCUT2D eigenvalue weighted by Gasteiger charge is -2.27. The highest BCUT2D eigenvalue weighted by Crippen LogP contribution is 2.43. The third-order valence-corrected chi connectivity index (χ3v) is 6.47. The quantitative estimate of drug-likeness (QED) is 0.301. The Morgan fingerprint density at radius 1 is 0.897 bits per heavy atom. The molecule has 1 amide bonds. The van der Waals surface area contributed by atoms with Crippen molar-refractivity contribution in [2.45, 2.75) is 5.92 Å². The standard InChI is InChI=1S/C29H25N5O5/c1-36-23-12-11-18(17-24(23)37-2)28-32-31-25-13-14-26(33-34(25)28)38-16-15-30-29(35)27-19-7-3-5-9-21(19)39-22-10-6-4-8-20(22)27/h3-14,17,27H,15-16H2,1-2H3,(H,30,35). The van der Waals surface area contributed by atoms with Crippen LogP contribution in [-0.4, -0.2) is 53.1 Å². The van der Waals surface area contributed by atoms with Crippen LogP contribution >= 0.6 is 0 Å². The molecule has 0 saturated carbocycles. The molecule has 0 bridgehead atoms. The average Bonchev–Trinajstić information content (AvgIpc) is 3.41. The highest BCUT2D eigenvalue weighted by molar-refractivity contribution is 5.89. The van der Waals surface area contributed by atoms with Crippen molar-refractivity contribution >= 4 is 11.6 Å². The molecule has 10 nitrogen and oxygen atoms in total. The number of ether oxygens (including phenoxy) is 4. The van der Waals surface area contributed by atoms with E-state index in [1.165, 1.54) is 0 Å². The van der Waals surface area contributed by atoms with Gasteiger partial charge in [-0.15, -0.1) is 15.3 Å². The second-order valence-electron chi connectivity index (χ2n) is 8.79. The lowest BCUT2D eigenvalue weighted by Crippen LogP contribution is -2.34. The van der Waals surface area contributed by atoms with Gasteiger partial charge >= 0.3 is 0 Å². The van der Waals surface area contributed by atoms with E-state index in [1.54, 1.807) is 36.9 Å². The number of benzene rings is 3. The number of nitrogens with zero attached hydrogens (tertiary/aromatic N) is 4. The summed E-state index contributed by atoms with van der Waals surface area (Å²) in [6.07, 6.45) is 0. The minimum Gasteiger partial charge on any atom is -0.493 e. The number of hydrogen-bond donors (Lipinski definition) is 1. The summed E-state index contributed by atoms with van der Waals surface area (Å²) in [5, 5.41) is 16.0. The van der Waals surface area contributed by atoms with Gasteiger partial charge in [0.25, 0.3) is 0 Å². The molecule has 1 aliphatic rings. The normalized spacial score (nSPS) is 12.3. The summed E-state index contributed by atoms with van der Waals surface area (Å²) in [7, 11) is 3.16. The van der Waals surface area contributed by atoms with Crippen LogP contribution in [0.25, 0.3) is 17.0 Å². The van der Waals surface area contributed by atoms with Gasteiger partial charge in [0.05, 0.1) is 26.7 Å². The molecular weight excluding hydrogens is 498 g/mol. The summed E-state index contributed by atoms with van der Waals surface area (Å²) in [6, 6.07) is 24.1. The zero-order chi connectivity index (χ0) is 26.8. The molecule has 0 atom stereocenters. The van der Waals surface area contributed by atoms with Gasteiger partial charge in [-0.3, -0.25) is 4.79 Å². The van der Waals surface area contributed by atoms with Crippen molar-refractivity contribution < 1.29 is 23.7 Å². The maximum atomic E-state index is 13.3. The number of methoxy groups -OCH3 is 2. The second-order valence-corrected chi connectivity index (χ2v) is 8.79. The van der Waals surface area contributed by atoms with Gasteiger partial charge in [0.1, 0.15) is 18.1 Å². The lowest BCUT2D eigenvalue weighted by molar-refractivity contribution is -0.121. The first-order chi connectivity index (χ1) is 19.2. The number of nitrogens with one attached hydrogen (secondary N) is 1. The smallest absolute Gasteiger partial charge is 0.232 e. The van der Waals surface area contributed by atoms with E-state index in [2.05, 4.69) is 20.6 Å². The SMILES string of the molecule is COc1ccc(-c2nnc3ccc(OCCNC(=O)C4c5ccccc5Oc5ccccc54)nn23)cc1OC. The third-order valence-electron chi connectivity index (χ3n) is 6.47. The van der Waals surface area contributed by atoms with Gasteiger partial charge in [-0.2, -0.15) is 4.52 Å². The van der Waals surface area contributed by atoms with E-state index in [0.29, 0.717) is 46.9 Å². The largest absolute Gasteiger partial charge is 0.493 e. The zero-order valence-corrected chi connectivity index (χ0v) is 21.3. The van der Waals surface area contributed by atoms with Gasteiger partial charge in [0.2, 0.25) is 11.8 Å². The topological polar surface area (TPSA) is 109 Å². The van der Waals surface area contributed by atoms with Crippen molar-refractivity contribution in [1.29, 1.82) is 0 Å². The van der Waals surface area contributed by atoms with E-state index in [-0.39, 0.29) is 12.5 Å². The van der Waals surface area contributed by atoms with Gasteiger partial charge in [-0.1, -0.05) is 36.4 Å². The molecule has 2 aromatic heterocycles. The van der Waals surface area contributed by atoms with Crippen molar-refractivity contribution in [3.8, 4) is 40.3 Å². The second kappa shape index (κ2) is 10.3. The Hall–Kier alpha value is -5.12. The molecule has 0 radical (unpaired) electrons. The fraction of sp³-hybridized carbons (Fsp3) is 0.172. The van der Waals surface area contributed by atoms with Gasteiger partial charge in [0, 0.05) is 22.8 Å². The Labute approximate surface area is 224 Å². The summed E-state index contributed by atoms with van der Waals surface area (Å²) in [4.78, 5) is 13.3. The van der Waals surface area contributed by atoms with Crippen LogP contribution in [0, 0.1) is 0 Å². The molecular formula is C29H25N5O5. The number of carbonyl (C=O) groups excluding carboxylic acids is 1. The van der Waals surface area contributed by atoms with Gasteiger partial charge in [0.15, 0.2) is 23.0 Å². The number of carbonyl (C=O) groups is 1. The molecule has 0 aliphatic carbocycles. The van der Waals surface area contributed by atoms with E-state index < -0.39 is 5.92 Å². The monoisotopic (exact) mass is 523 g/mol. The predicted octanol–water partition coefficient (Wildman–Crippen LogP) is 4.24. The van der Waals surface area contributed by atoms with E-state index in [9.17, 15) is 4.79 Å². The Kier molecular flexibility index (Phi) is 6.42. The summed E-state index contributed by atoms with van der Waals surface area (Å²) in [6.45, 7) is 0.523. The Morgan fingerprint density at radius 3 is 2.33 bits per heavy atom. The first kappa shape index (κ1) is 24.2. The van der Waals surface area contributed by atoms with Crippen LogP contribution in [0.15, 0.2) is 78.9 Å². The summed E-state index contributed by atoms with van der Waals surface area (Å²) in [5.41, 5.74) is 2.99. The van der Waals surface area contributed by atoms with Crippen LogP contribution in [0.1, 0.15) is 17.0 Å². The lowest BCUT2D eigenvalue weighted by atomic mass is 9.87. The molecule has 0 saturated heterocycles. The highest BCUT2D eigenvalue weighted by atomic mass is 16.5. The average molecular weight is 524 g/mol. The van der Waals surface area contributed by atoms with Crippen LogP contribution in [0.5, 0.6) is 28.9 Å². The zero-order valence-electron chi connectivity index (χ0n) is 21.3. The Balaban J connectivity index is 1.15. The molecule has 5 aromatic rings. The summed E-state index contributed by atoms with van der Waals surface area (Å²) in [5.74, 6) is 2.86. The van der Waals surface area contributed by atoms with Crippen molar-refractivity contribution in [2.75, 3.05) is 27.4 Å². The maximum Gasteiger partial charge on any atom is 0.232 e. The van der Waals surface area contributed by atoms with Crippen molar-refractivity contribution in [3.05, 3.63) is 90.0 Å². The first-order valence-corrected chi connectivity index (χ1v) is 12.4. The number of rotatable bonds is 8. The van der Waals surface area contributed by atoms with Crippen LogP contribution in [-0.2, 0) is 4.79 Å². The van der Waals surface area contributed by atoms with E-state index >= 15 is 0 Å². The first-order valence-electron chi connectivity index (χ1n) is 12.4. The molecule has 0 spiro atoms. The van der Waals surface area contributed by atoms with Crippen molar-refractivity contribution in [3.63, 3.8) is 0 Å². The van der Waals surface area contributed by atoms with Crippen molar-refractivity contribution in [1.82, 2.24) is 25.1 Å². The van der Waals surface area contributed by atoms with E-state index in [0.717, 1.165) is 16.7 Å². The summed E-state index contributed by atoms with van der Waals surface area (Å²) < 4.78 is 24.2. The number of para-hydroxylation sites is 2. The molecule has 1 aliphatic heterocycles. The third kappa shape index (κ3) is 4.56. The molecule has 39 heavy (non-hydrogen) atoms. The van der Waals surface area contributed by atoms with Crippen LogP contribution < -0.4 is 24.3 Å². The van der Waals surface area contributed by atoms with Crippen LogP contribution in [0.4, 0.5) is 0 Å².